The third-order valence-electron chi connectivity index (χ3n) is 4.31. The highest BCUT2D eigenvalue weighted by atomic mass is 16.1. The summed E-state index contributed by atoms with van der Waals surface area (Å²) < 4.78 is 1.86. The van der Waals surface area contributed by atoms with Gasteiger partial charge in [-0.1, -0.05) is 60.7 Å². The van der Waals surface area contributed by atoms with Crippen LogP contribution in [-0.2, 0) is 6.54 Å². The molecule has 0 bridgehead atoms. The predicted octanol–water partition coefficient (Wildman–Crippen LogP) is 4.00. The highest BCUT2D eigenvalue weighted by molar-refractivity contribution is 5.90. The molecule has 1 N–H and O–H groups in total. The van der Waals surface area contributed by atoms with E-state index in [9.17, 15) is 4.79 Å². The summed E-state index contributed by atoms with van der Waals surface area (Å²) >= 11 is 0. The molecule has 2 aromatic carbocycles. The standard InChI is InChI=1S/C20H18N2O/c23-18-14-17(15-8-3-1-4-9-15)19(16-10-5-2-6-11-16)20-21-12-7-13-22(18)20/h1-6,8-11,14,21H,7,12-13H2. The molecule has 0 saturated carbocycles. The molecule has 3 aromatic rings. The maximum atomic E-state index is 12.6. The van der Waals surface area contributed by atoms with Gasteiger partial charge in [0, 0.05) is 24.7 Å². The average Bonchev–Trinajstić information content (AvgIpc) is 2.63. The Bertz CT molecular complexity index is 883. The monoisotopic (exact) mass is 302 g/mol. The van der Waals surface area contributed by atoms with Crippen LogP contribution in [0.3, 0.4) is 0 Å². The van der Waals surface area contributed by atoms with E-state index in [0.717, 1.165) is 47.6 Å². The van der Waals surface area contributed by atoms with Gasteiger partial charge < -0.3 is 5.32 Å². The Labute approximate surface area is 135 Å². The van der Waals surface area contributed by atoms with Crippen molar-refractivity contribution in [2.24, 2.45) is 0 Å². The zero-order chi connectivity index (χ0) is 15.6. The maximum absolute atomic E-state index is 12.6. The van der Waals surface area contributed by atoms with Crippen LogP contribution < -0.4 is 10.9 Å². The summed E-state index contributed by atoms with van der Waals surface area (Å²) in [4.78, 5) is 12.6. The van der Waals surface area contributed by atoms with Crippen LogP contribution in [0.5, 0.6) is 0 Å². The molecular formula is C20H18N2O. The molecule has 1 aliphatic heterocycles. The first-order valence-electron chi connectivity index (χ1n) is 7.97. The van der Waals surface area contributed by atoms with Gasteiger partial charge in [-0.3, -0.25) is 9.36 Å². The zero-order valence-corrected chi connectivity index (χ0v) is 12.8. The minimum atomic E-state index is 0.0609. The first-order valence-corrected chi connectivity index (χ1v) is 7.97. The molecule has 1 aromatic heterocycles. The van der Waals surface area contributed by atoms with Crippen LogP contribution >= 0.6 is 0 Å². The molecule has 3 heteroatoms. The second-order valence-electron chi connectivity index (χ2n) is 5.78. The van der Waals surface area contributed by atoms with E-state index in [4.69, 9.17) is 0 Å². The van der Waals surface area contributed by atoms with Crippen LogP contribution in [0.1, 0.15) is 6.42 Å². The quantitative estimate of drug-likeness (QED) is 0.776. The van der Waals surface area contributed by atoms with Crippen molar-refractivity contribution in [3.8, 4) is 22.3 Å². The average molecular weight is 302 g/mol. The molecular weight excluding hydrogens is 284 g/mol. The van der Waals surface area contributed by atoms with Crippen molar-refractivity contribution in [1.82, 2.24) is 4.57 Å². The number of hydrogen-bond acceptors (Lipinski definition) is 2. The van der Waals surface area contributed by atoms with E-state index in [2.05, 4.69) is 29.6 Å². The molecule has 0 spiro atoms. The van der Waals surface area contributed by atoms with E-state index in [1.54, 1.807) is 6.07 Å². The van der Waals surface area contributed by atoms with Gasteiger partial charge in [0.1, 0.15) is 5.82 Å². The first kappa shape index (κ1) is 13.8. The summed E-state index contributed by atoms with van der Waals surface area (Å²) in [5.41, 5.74) is 4.35. The number of nitrogens with zero attached hydrogens (tertiary/aromatic N) is 1. The van der Waals surface area contributed by atoms with Gasteiger partial charge in [-0.25, -0.2) is 0 Å². The molecule has 2 heterocycles. The summed E-state index contributed by atoms with van der Waals surface area (Å²) in [6, 6.07) is 22.2. The summed E-state index contributed by atoms with van der Waals surface area (Å²) in [5, 5.41) is 3.44. The summed E-state index contributed by atoms with van der Waals surface area (Å²) in [6.07, 6.45) is 0.978. The van der Waals surface area contributed by atoms with Gasteiger partial charge in [0.2, 0.25) is 0 Å². The Morgan fingerprint density at radius 3 is 2.22 bits per heavy atom. The molecule has 0 amide bonds. The minimum absolute atomic E-state index is 0.0609. The molecule has 3 nitrogen and oxygen atoms in total. The molecule has 4 rings (SSSR count). The summed E-state index contributed by atoms with van der Waals surface area (Å²) in [7, 11) is 0. The van der Waals surface area contributed by atoms with E-state index >= 15 is 0 Å². The minimum Gasteiger partial charge on any atom is -0.371 e. The molecule has 114 valence electrons. The number of rotatable bonds is 2. The van der Waals surface area contributed by atoms with E-state index in [-0.39, 0.29) is 5.56 Å². The van der Waals surface area contributed by atoms with Gasteiger partial charge in [-0.05, 0) is 23.1 Å². The number of anilines is 1. The number of pyridine rings is 1. The van der Waals surface area contributed by atoms with Crippen LogP contribution in [-0.4, -0.2) is 11.1 Å². The fourth-order valence-corrected chi connectivity index (χ4v) is 3.24. The second kappa shape index (κ2) is 5.76. The highest BCUT2D eigenvalue weighted by Crippen LogP contribution is 2.37. The van der Waals surface area contributed by atoms with Crippen LogP contribution in [0.25, 0.3) is 22.3 Å². The van der Waals surface area contributed by atoms with Crippen molar-refractivity contribution >= 4 is 5.82 Å². The molecule has 1 aliphatic rings. The van der Waals surface area contributed by atoms with Crippen LogP contribution in [0.15, 0.2) is 71.5 Å². The Hall–Kier alpha value is -2.81. The number of nitrogens with one attached hydrogen (secondary N) is 1. The Morgan fingerprint density at radius 2 is 1.52 bits per heavy atom. The number of aromatic nitrogens is 1. The zero-order valence-electron chi connectivity index (χ0n) is 12.8. The summed E-state index contributed by atoms with van der Waals surface area (Å²) in [5.74, 6) is 0.939. The van der Waals surface area contributed by atoms with E-state index < -0.39 is 0 Å². The number of hydrogen-bond donors (Lipinski definition) is 1. The third-order valence-corrected chi connectivity index (χ3v) is 4.31. The Kier molecular flexibility index (Phi) is 3.46. The molecule has 0 aliphatic carbocycles. The number of fused-ring (bicyclic) bond motifs is 1. The van der Waals surface area contributed by atoms with Crippen LogP contribution in [0, 0.1) is 0 Å². The highest BCUT2D eigenvalue weighted by Gasteiger charge is 2.20. The lowest BCUT2D eigenvalue weighted by Gasteiger charge is -2.25. The number of benzene rings is 2. The Morgan fingerprint density at radius 1 is 0.870 bits per heavy atom. The molecule has 0 atom stereocenters. The fourth-order valence-electron chi connectivity index (χ4n) is 3.24. The molecule has 0 radical (unpaired) electrons. The summed E-state index contributed by atoms with van der Waals surface area (Å²) in [6.45, 7) is 1.67. The molecule has 0 unspecified atom stereocenters. The lowest BCUT2D eigenvalue weighted by Crippen LogP contribution is -2.29. The topological polar surface area (TPSA) is 34.0 Å². The van der Waals surface area contributed by atoms with Crippen molar-refractivity contribution in [3.63, 3.8) is 0 Å². The fraction of sp³-hybridized carbons (Fsp3) is 0.150. The lowest BCUT2D eigenvalue weighted by molar-refractivity contribution is 0.610. The first-order chi connectivity index (χ1) is 11.3. The largest absolute Gasteiger partial charge is 0.371 e. The van der Waals surface area contributed by atoms with Crippen molar-refractivity contribution in [3.05, 3.63) is 77.1 Å². The van der Waals surface area contributed by atoms with Crippen molar-refractivity contribution in [2.45, 2.75) is 13.0 Å². The lowest BCUT2D eigenvalue weighted by atomic mass is 9.94. The maximum Gasteiger partial charge on any atom is 0.252 e. The van der Waals surface area contributed by atoms with Crippen molar-refractivity contribution in [1.29, 1.82) is 0 Å². The van der Waals surface area contributed by atoms with E-state index in [1.807, 2.05) is 41.0 Å². The molecule has 23 heavy (non-hydrogen) atoms. The second-order valence-corrected chi connectivity index (χ2v) is 5.78. The Balaban J connectivity index is 2.06. The van der Waals surface area contributed by atoms with E-state index in [0.29, 0.717) is 0 Å². The van der Waals surface area contributed by atoms with Gasteiger partial charge in [-0.15, -0.1) is 0 Å². The predicted molar refractivity (Wildman–Crippen MR) is 94.7 cm³/mol. The smallest absolute Gasteiger partial charge is 0.252 e. The molecule has 0 fully saturated rings. The van der Waals surface area contributed by atoms with Gasteiger partial charge in [0.15, 0.2) is 0 Å². The van der Waals surface area contributed by atoms with Crippen LogP contribution in [0.4, 0.5) is 5.82 Å². The van der Waals surface area contributed by atoms with Gasteiger partial charge in [0.25, 0.3) is 5.56 Å². The van der Waals surface area contributed by atoms with Gasteiger partial charge >= 0.3 is 0 Å². The SMILES string of the molecule is O=c1cc(-c2ccccc2)c(-c2ccccc2)c2n1CCCN2. The van der Waals surface area contributed by atoms with Gasteiger partial charge in [-0.2, -0.15) is 0 Å². The molecule has 0 saturated heterocycles. The van der Waals surface area contributed by atoms with E-state index in [1.165, 1.54) is 0 Å². The van der Waals surface area contributed by atoms with Crippen molar-refractivity contribution in [2.75, 3.05) is 11.9 Å². The van der Waals surface area contributed by atoms with Gasteiger partial charge in [0.05, 0.1) is 0 Å². The van der Waals surface area contributed by atoms with Crippen LogP contribution in [0.2, 0.25) is 0 Å². The van der Waals surface area contributed by atoms with Crippen molar-refractivity contribution < 1.29 is 0 Å². The normalized spacial score (nSPS) is 13.2. The third kappa shape index (κ3) is 2.44.